The Kier molecular flexibility index (Phi) is 7.60. The summed E-state index contributed by atoms with van der Waals surface area (Å²) < 4.78 is 5.53. The number of hydrogen-bond donors (Lipinski definition) is 2. The van der Waals surface area contributed by atoms with Crippen molar-refractivity contribution in [3.63, 3.8) is 0 Å². The Bertz CT molecular complexity index is 957. The van der Waals surface area contributed by atoms with E-state index in [1.165, 1.54) is 0 Å². The number of likely N-dealkylation sites (tertiary alicyclic amines) is 1. The quantitative estimate of drug-likeness (QED) is 0.584. The van der Waals surface area contributed by atoms with Crippen LogP contribution in [0.4, 0.5) is 0 Å². The van der Waals surface area contributed by atoms with Gasteiger partial charge in [-0.1, -0.05) is 42.5 Å². The van der Waals surface area contributed by atoms with Gasteiger partial charge in [0.1, 0.15) is 11.8 Å². The number of rotatable bonds is 10. The fourth-order valence-corrected chi connectivity index (χ4v) is 4.03. The minimum absolute atomic E-state index is 0.0159. The lowest BCUT2D eigenvalue weighted by Crippen LogP contribution is -2.46. The van der Waals surface area contributed by atoms with Gasteiger partial charge in [0.15, 0.2) is 6.61 Å². The monoisotopic (exact) mass is 449 g/mol. The summed E-state index contributed by atoms with van der Waals surface area (Å²) in [5, 5.41) is 5.90. The second kappa shape index (κ2) is 11.0. The first-order chi connectivity index (χ1) is 16.1. The third-order valence-corrected chi connectivity index (χ3v) is 5.98. The summed E-state index contributed by atoms with van der Waals surface area (Å²) in [6, 6.07) is 16.7. The van der Waals surface area contributed by atoms with Crippen molar-refractivity contribution >= 4 is 17.7 Å². The maximum atomic E-state index is 13.1. The Hall–Kier alpha value is -3.35. The molecule has 1 unspecified atom stereocenters. The molecule has 1 heterocycles. The van der Waals surface area contributed by atoms with E-state index in [9.17, 15) is 14.4 Å². The van der Waals surface area contributed by atoms with Gasteiger partial charge in [-0.05, 0) is 55.4 Å². The molecule has 4 rings (SSSR count). The molecule has 0 radical (unpaired) electrons. The zero-order valence-electron chi connectivity index (χ0n) is 18.8. The average Bonchev–Trinajstić information content (AvgIpc) is 3.65. The zero-order valence-corrected chi connectivity index (χ0v) is 18.8. The van der Waals surface area contributed by atoms with Gasteiger partial charge in [-0.15, -0.1) is 0 Å². The largest absolute Gasteiger partial charge is 0.484 e. The van der Waals surface area contributed by atoms with Crippen LogP contribution in [0.25, 0.3) is 0 Å². The van der Waals surface area contributed by atoms with Gasteiger partial charge in [0.2, 0.25) is 11.8 Å². The molecule has 1 aliphatic carbocycles. The summed E-state index contributed by atoms with van der Waals surface area (Å²) in [6.45, 7) is 1.09. The Morgan fingerprint density at radius 1 is 1.03 bits per heavy atom. The smallest absolute Gasteiger partial charge is 0.258 e. The van der Waals surface area contributed by atoms with Crippen LogP contribution in [0.5, 0.6) is 5.75 Å². The molecular formula is C26H31N3O4. The number of benzene rings is 2. The normalized spacial score (nSPS) is 16.7. The first kappa shape index (κ1) is 22.8. The third kappa shape index (κ3) is 6.57. The molecule has 33 heavy (non-hydrogen) atoms. The van der Waals surface area contributed by atoms with E-state index in [0.717, 1.165) is 36.8 Å². The van der Waals surface area contributed by atoms with Crippen molar-refractivity contribution in [2.45, 2.75) is 50.6 Å². The molecule has 1 aliphatic heterocycles. The number of hydrogen-bond acceptors (Lipinski definition) is 4. The lowest BCUT2D eigenvalue weighted by molar-refractivity contribution is -0.142. The van der Waals surface area contributed by atoms with E-state index in [2.05, 4.69) is 10.6 Å². The van der Waals surface area contributed by atoms with Gasteiger partial charge in [-0.25, -0.2) is 0 Å². The van der Waals surface area contributed by atoms with Gasteiger partial charge in [-0.2, -0.15) is 0 Å². The maximum absolute atomic E-state index is 13.1. The molecule has 2 aromatic rings. The Balaban J connectivity index is 1.28. The van der Waals surface area contributed by atoms with Crippen LogP contribution in [0.2, 0.25) is 0 Å². The summed E-state index contributed by atoms with van der Waals surface area (Å²) in [7, 11) is 0. The summed E-state index contributed by atoms with van der Waals surface area (Å²) in [5.74, 6) is 0.427. The molecule has 7 nitrogen and oxygen atoms in total. The molecular weight excluding hydrogens is 418 g/mol. The van der Waals surface area contributed by atoms with Crippen molar-refractivity contribution in [3.05, 3.63) is 65.7 Å². The highest BCUT2D eigenvalue weighted by Crippen LogP contribution is 2.26. The highest BCUT2D eigenvalue weighted by atomic mass is 16.5. The van der Waals surface area contributed by atoms with Crippen LogP contribution in [0.3, 0.4) is 0 Å². The molecule has 2 fully saturated rings. The SMILES string of the molecule is O=C(COc1ccc(CCNC(=O)C(c2ccccc2)N2CCCCC2=O)cc1)NC1CC1. The minimum atomic E-state index is -0.600. The second-order valence-corrected chi connectivity index (χ2v) is 8.67. The molecule has 174 valence electrons. The molecule has 2 aliphatic rings. The van der Waals surface area contributed by atoms with Crippen molar-refractivity contribution < 1.29 is 19.1 Å². The van der Waals surface area contributed by atoms with Gasteiger partial charge >= 0.3 is 0 Å². The predicted octanol–water partition coefficient (Wildman–Crippen LogP) is 2.76. The zero-order chi connectivity index (χ0) is 23.0. The van der Waals surface area contributed by atoms with Gasteiger partial charge in [0.25, 0.3) is 5.91 Å². The van der Waals surface area contributed by atoms with Crippen molar-refractivity contribution in [1.82, 2.24) is 15.5 Å². The van der Waals surface area contributed by atoms with Gasteiger partial charge in [0.05, 0.1) is 0 Å². The molecule has 1 saturated heterocycles. The summed E-state index contributed by atoms with van der Waals surface area (Å²) in [4.78, 5) is 39.0. The minimum Gasteiger partial charge on any atom is -0.484 e. The van der Waals surface area contributed by atoms with Gasteiger partial charge in [0, 0.05) is 25.6 Å². The van der Waals surface area contributed by atoms with Crippen molar-refractivity contribution in [2.75, 3.05) is 19.7 Å². The molecule has 2 N–H and O–H groups in total. The first-order valence-corrected chi connectivity index (χ1v) is 11.7. The third-order valence-electron chi connectivity index (χ3n) is 5.98. The Labute approximate surface area is 194 Å². The topological polar surface area (TPSA) is 87.7 Å². The molecule has 0 bridgehead atoms. The molecule has 1 atom stereocenters. The number of amides is 3. The fourth-order valence-electron chi connectivity index (χ4n) is 4.03. The van der Waals surface area contributed by atoms with Crippen LogP contribution in [0, 0.1) is 0 Å². The number of carbonyl (C=O) groups excluding carboxylic acids is 3. The highest BCUT2D eigenvalue weighted by Gasteiger charge is 2.32. The number of nitrogens with one attached hydrogen (secondary N) is 2. The van der Waals surface area contributed by atoms with E-state index in [-0.39, 0.29) is 24.3 Å². The van der Waals surface area contributed by atoms with Gasteiger partial charge in [-0.3, -0.25) is 14.4 Å². The predicted molar refractivity (Wildman–Crippen MR) is 125 cm³/mol. The Morgan fingerprint density at radius 2 is 1.79 bits per heavy atom. The van der Waals surface area contributed by atoms with E-state index in [1.807, 2.05) is 54.6 Å². The van der Waals surface area contributed by atoms with E-state index >= 15 is 0 Å². The van der Waals surface area contributed by atoms with E-state index < -0.39 is 6.04 Å². The second-order valence-electron chi connectivity index (χ2n) is 8.67. The van der Waals surface area contributed by atoms with E-state index in [0.29, 0.717) is 37.7 Å². The number of carbonyl (C=O) groups is 3. The number of nitrogens with zero attached hydrogens (tertiary/aromatic N) is 1. The number of ether oxygens (including phenoxy) is 1. The van der Waals surface area contributed by atoms with Crippen LogP contribution < -0.4 is 15.4 Å². The molecule has 0 aromatic heterocycles. The summed E-state index contributed by atoms with van der Waals surface area (Å²) in [5.41, 5.74) is 1.88. The fraction of sp³-hybridized carbons (Fsp3) is 0.423. The van der Waals surface area contributed by atoms with Crippen LogP contribution >= 0.6 is 0 Å². The molecule has 2 aromatic carbocycles. The van der Waals surface area contributed by atoms with Crippen LogP contribution in [-0.4, -0.2) is 48.4 Å². The summed E-state index contributed by atoms with van der Waals surface area (Å²) >= 11 is 0. The molecule has 7 heteroatoms. The molecule has 3 amide bonds. The van der Waals surface area contributed by atoms with E-state index in [1.54, 1.807) is 4.90 Å². The van der Waals surface area contributed by atoms with Crippen molar-refractivity contribution in [1.29, 1.82) is 0 Å². The van der Waals surface area contributed by atoms with Crippen LogP contribution in [-0.2, 0) is 20.8 Å². The lowest BCUT2D eigenvalue weighted by Gasteiger charge is -2.34. The Morgan fingerprint density at radius 3 is 2.48 bits per heavy atom. The number of piperidine rings is 1. The molecule has 1 saturated carbocycles. The van der Waals surface area contributed by atoms with Crippen molar-refractivity contribution in [3.8, 4) is 5.75 Å². The van der Waals surface area contributed by atoms with Gasteiger partial charge < -0.3 is 20.3 Å². The van der Waals surface area contributed by atoms with Crippen LogP contribution in [0.1, 0.15) is 49.3 Å². The summed E-state index contributed by atoms with van der Waals surface area (Å²) in [6.07, 6.45) is 5.05. The standard InChI is InChI=1S/C26H31N3O4/c30-23(28-21-11-12-21)18-33-22-13-9-19(10-14-22)15-16-27-26(32)25(20-6-2-1-3-7-20)29-17-5-4-8-24(29)31/h1-3,6-7,9-10,13-14,21,25H,4-5,8,11-12,15-18H2,(H,27,32)(H,28,30). The highest BCUT2D eigenvalue weighted by molar-refractivity contribution is 5.89. The maximum Gasteiger partial charge on any atom is 0.258 e. The lowest BCUT2D eigenvalue weighted by atomic mass is 10.0. The average molecular weight is 450 g/mol. The first-order valence-electron chi connectivity index (χ1n) is 11.7. The van der Waals surface area contributed by atoms with Crippen molar-refractivity contribution in [2.24, 2.45) is 0 Å². The molecule has 0 spiro atoms. The van der Waals surface area contributed by atoms with Crippen LogP contribution in [0.15, 0.2) is 54.6 Å². The van der Waals surface area contributed by atoms with E-state index in [4.69, 9.17) is 4.74 Å².